The van der Waals surface area contributed by atoms with Gasteiger partial charge in [0.25, 0.3) is 5.69 Å². The third kappa shape index (κ3) is 3.56. The van der Waals surface area contributed by atoms with Gasteiger partial charge < -0.3 is 15.8 Å². The van der Waals surface area contributed by atoms with Gasteiger partial charge in [0.05, 0.1) is 23.7 Å². The number of nitro groups is 1. The summed E-state index contributed by atoms with van der Waals surface area (Å²) in [6.45, 7) is 2.11. The Labute approximate surface area is 119 Å². The number of nitrogens with zero attached hydrogens (tertiary/aromatic N) is 2. The summed E-state index contributed by atoms with van der Waals surface area (Å²) in [7, 11) is 0. The van der Waals surface area contributed by atoms with E-state index in [1.807, 2.05) is 0 Å². The van der Waals surface area contributed by atoms with E-state index in [2.05, 4.69) is 10.3 Å². The summed E-state index contributed by atoms with van der Waals surface area (Å²) < 4.78 is 18.8. The van der Waals surface area contributed by atoms with Gasteiger partial charge in [-0.15, -0.1) is 0 Å². The summed E-state index contributed by atoms with van der Waals surface area (Å²) in [6.07, 6.45) is 0. The number of rotatable bonds is 5. The van der Waals surface area contributed by atoms with Crippen LogP contribution < -0.4 is 15.8 Å². The fraction of sp³-hybridized carbons (Fsp3) is 0.154. The molecule has 1 aromatic heterocycles. The van der Waals surface area contributed by atoms with Crippen LogP contribution >= 0.6 is 0 Å². The molecule has 1 aromatic carbocycles. The fourth-order valence-electron chi connectivity index (χ4n) is 1.71. The molecule has 0 bridgehead atoms. The second-order valence-corrected chi connectivity index (χ2v) is 4.10. The van der Waals surface area contributed by atoms with Crippen LogP contribution in [0.1, 0.15) is 6.92 Å². The molecule has 7 nitrogen and oxygen atoms in total. The minimum Gasteiger partial charge on any atom is -0.491 e. The van der Waals surface area contributed by atoms with Gasteiger partial charge >= 0.3 is 0 Å². The number of hydrogen-bond donors (Lipinski definition) is 2. The van der Waals surface area contributed by atoms with E-state index in [1.54, 1.807) is 13.0 Å². The zero-order valence-corrected chi connectivity index (χ0v) is 11.2. The molecule has 21 heavy (non-hydrogen) atoms. The Kier molecular flexibility index (Phi) is 4.17. The Morgan fingerprint density at radius 1 is 1.43 bits per heavy atom. The smallest absolute Gasteiger partial charge is 0.276 e. The summed E-state index contributed by atoms with van der Waals surface area (Å²) in [5.74, 6) is -0.252. The van der Waals surface area contributed by atoms with Crippen molar-refractivity contribution in [1.82, 2.24) is 4.98 Å². The first-order chi connectivity index (χ1) is 9.99. The standard InChI is InChI=1S/C13H13FN4O3/c1-2-21-11-4-3-8(5-10(11)14)16-13-7-9(18(19)20)6-12(15)17-13/h3-7H,2H2,1H3,(H3,15,16,17). The molecule has 0 unspecified atom stereocenters. The zero-order chi connectivity index (χ0) is 15.4. The van der Waals surface area contributed by atoms with Crippen LogP contribution in [-0.4, -0.2) is 16.5 Å². The monoisotopic (exact) mass is 292 g/mol. The van der Waals surface area contributed by atoms with Crippen molar-refractivity contribution in [2.24, 2.45) is 0 Å². The SMILES string of the molecule is CCOc1ccc(Nc2cc([N+](=O)[O-])cc(N)n2)cc1F. The third-order valence-electron chi connectivity index (χ3n) is 2.54. The van der Waals surface area contributed by atoms with Gasteiger partial charge in [-0.25, -0.2) is 9.37 Å². The largest absolute Gasteiger partial charge is 0.491 e. The lowest BCUT2D eigenvalue weighted by molar-refractivity contribution is -0.384. The van der Waals surface area contributed by atoms with Crippen LogP contribution in [-0.2, 0) is 0 Å². The van der Waals surface area contributed by atoms with E-state index >= 15 is 0 Å². The molecule has 0 fully saturated rings. The number of benzene rings is 1. The Bertz CT molecular complexity index is 678. The maximum absolute atomic E-state index is 13.7. The average Bonchev–Trinajstić information content (AvgIpc) is 2.41. The predicted molar refractivity (Wildman–Crippen MR) is 76.2 cm³/mol. The number of pyridine rings is 1. The second-order valence-electron chi connectivity index (χ2n) is 4.10. The molecule has 2 rings (SSSR count). The van der Waals surface area contributed by atoms with E-state index in [1.165, 1.54) is 18.2 Å². The molecule has 0 amide bonds. The summed E-state index contributed by atoms with van der Waals surface area (Å²) >= 11 is 0. The molecule has 0 saturated heterocycles. The summed E-state index contributed by atoms with van der Waals surface area (Å²) in [5.41, 5.74) is 5.68. The molecule has 0 radical (unpaired) electrons. The van der Waals surface area contributed by atoms with Gasteiger partial charge in [-0.05, 0) is 19.1 Å². The van der Waals surface area contributed by atoms with Crippen molar-refractivity contribution < 1.29 is 14.1 Å². The van der Waals surface area contributed by atoms with Gasteiger partial charge in [0.2, 0.25) is 0 Å². The van der Waals surface area contributed by atoms with Crippen LogP contribution in [0.3, 0.4) is 0 Å². The quantitative estimate of drug-likeness (QED) is 0.648. The van der Waals surface area contributed by atoms with E-state index in [0.29, 0.717) is 12.3 Å². The highest BCUT2D eigenvalue weighted by Gasteiger charge is 2.11. The first-order valence-corrected chi connectivity index (χ1v) is 6.11. The molecule has 0 aliphatic heterocycles. The minimum atomic E-state index is -0.581. The van der Waals surface area contributed by atoms with Crippen molar-refractivity contribution in [2.45, 2.75) is 6.92 Å². The molecular formula is C13H13FN4O3. The van der Waals surface area contributed by atoms with E-state index in [9.17, 15) is 14.5 Å². The highest BCUT2D eigenvalue weighted by Crippen LogP contribution is 2.25. The molecule has 3 N–H and O–H groups in total. The number of ether oxygens (including phenoxy) is 1. The third-order valence-corrected chi connectivity index (χ3v) is 2.54. The number of anilines is 3. The van der Waals surface area contributed by atoms with Gasteiger partial charge in [0.15, 0.2) is 11.6 Å². The molecule has 2 aromatic rings. The molecule has 0 saturated carbocycles. The first kappa shape index (κ1) is 14.5. The Hall–Kier alpha value is -2.90. The normalized spacial score (nSPS) is 10.2. The van der Waals surface area contributed by atoms with Crippen molar-refractivity contribution in [3.05, 3.63) is 46.3 Å². The number of nitrogens with one attached hydrogen (secondary N) is 1. The highest BCUT2D eigenvalue weighted by molar-refractivity contribution is 5.62. The van der Waals surface area contributed by atoms with E-state index in [0.717, 1.165) is 6.07 Å². The molecule has 1 heterocycles. The summed E-state index contributed by atoms with van der Waals surface area (Å²) in [6, 6.07) is 6.60. The van der Waals surface area contributed by atoms with Gasteiger partial charge in [-0.3, -0.25) is 10.1 Å². The number of nitrogen functional groups attached to an aromatic ring is 1. The van der Waals surface area contributed by atoms with Crippen molar-refractivity contribution in [2.75, 3.05) is 17.7 Å². The minimum absolute atomic E-state index is 0.00175. The van der Waals surface area contributed by atoms with Crippen LogP contribution in [0.15, 0.2) is 30.3 Å². The highest BCUT2D eigenvalue weighted by atomic mass is 19.1. The van der Waals surface area contributed by atoms with Crippen LogP contribution in [0.5, 0.6) is 5.75 Å². The maximum Gasteiger partial charge on any atom is 0.276 e. The zero-order valence-electron chi connectivity index (χ0n) is 11.2. The molecule has 0 aliphatic carbocycles. The lowest BCUT2D eigenvalue weighted by atomic mass is 10.3. The van der Waals surface area contributed by atoms with Crippen molar-refractivity contribution in [3.63, 3.8) is 0 Å². The first-order valence-electron chi connectivity index (χ1n) is 6.11. The van der Waals surface area contributed by atoms with E-state index < -0.39 is 10.7 Å². The number of aromatic nitrogens is 1. The van der Waals surface area contributed by atoms with E-state index in [4.69, 9.17) is 10.5 Å². The lowest BCUT2D eigenvalue weighted by Crippen LogP contribution is -2.01. The van der Waals surface area contributed by atoms with Gasteiger partial charge in [0, 0.05) is 11.8 Å². The van der Waals surface area contributed by atoms with Gasteiger partial charge in [-0.1, -0.05) is 0 Å². The van der Waals surface area contributed by atoms with Crippen LogP contribution in [0.25, 0.3) is 0 Å². The van der Waals surface area contributed by atoms with Crippen LogP contribution in [0.4, 0.5) is 27.4 Å². The van der Waals surface area contributed by atoms with Gasteiger partial charge in [-0.2, -0.15) is 0 Å². The number of hydrogen-bond acceptors (Lipinski definition) is 6. The van der Waals surface area contributed by atoms with Crippen LogP contribution in [0, 0.1) is 15.9 Å². The Morgan fingerprint density at radius 3 is 2.81 bits per heavy atom. The summed E-state index contributed by atoms with van der Waals surface area (Å²) in [5, 5.41) is 13.5. The van der Waals surface area contributed by atoms with Gasteiger partial charge in [0.1, 0.15) is 11.6 Å². The van der Waals surface area contributed by atoms with Crippen molar-refractivity contribution in [1.29, 1.82) is 0 Å². The Balaban J connectivity index is 2.26. The van der Waals surface area contributed by atoms with Crippen molar-refractivity contribution >= 4 is 23.0 Å². The predicted octanol–water partition coefficient (Wildman–Crippen LogP) is 2.85. The number of nitrogens with two attached hydrogens (primary N) is 1. The summed E-state index contributed by atoms with van der Waals surface area (Å²) in [4.78, 5) is 14.1. The lowest BCUT2D eigenvalue weighted by Gasteiger charge is -2.09. The number of halogens is 1. The molecule has 8 heteroatoms. The fourth-order valence-corrected chi connectivity index (χ4v) is 1.71. The maximum atomic E-state index is 13.7. The van der Waals surface area contributed by atoms with E-state index in [-0.39, 0.29) is 23.1 Å². The van der Waals surface area contributed by atoms with Crippen molar-refractivity contribution in [3.8, 4) is 5.75 Å². The molecule has 0 aliphatic rings. The molecule has 110 valence electrons. The molecular weight excluding hydrogens is 279 g/mol. The molecule has 0 atom stereocenters. The topological polar surface area (TPSA) is 103 Å². The second kappa shape index (κ2) is 6.04. The Morgan fingerprint density at radius 2 is 2.19 bits per heavy atom. The van der Waals surface area contributed by atoms with Crippen LogP contribution in [0.2, 0.25) is 0 Å². The average molecular weight is 292 g/mol. The molecule has 0 spiro atoms.